The Morgan fingerprint density at radius 3 is 2.22 bits per heavy atom. The van der Waals surface area contributed by atoms with E-state index in [4.69, 9.17) is 0 Å². The van der Waals surface area contributed by atoms with Crippen LogP contribution in [0.4, 0.5) is 4.79 Å². The van der Waals surface area contributed by atoms with Crippen LogP contribution in [0.5, 0.6) is 0 Å². The van der Waals surface area contributed by atoms with Crippen molar-refractivity contribution in [2.24, 2.45) is 4.99 Å². The molecule has 2 rings (SSSR count). The number of amidine groups is 1. The zero-order valence-corrected chi connectivity index (χ0v) is 11.8. The Labute approximate surface area is 107 Å². The minimum absolute atomic E-state index is 0.0130. The summed E-state index contributed by atoms with van der Waals surface area (Å²) in [4.78, 5) is 21.3. The van der Waals surface area contributed by atoms with Crippen LogP contribution in [0.25, 0.3) is 0 Å². The van der Waals surface area contributed by atoms with Gasteiger partial charge in [0.25, 0.3) is 0 Å². The molecule has 96 valence electrons. The van der Waals surface area contributed by atoms with Crippen LogP contribution in [0, 0.1) is 20.8 Å². The maximum Gasteiger partial charge on any atom is 0.449 e. The Bertz CT molecular complexity index is 592. The highest BCUT2D eigenvalue weighted by Crippen LogP contribution is 2.14. The quantitative estimate of drug-likeness (QED) is 0.659. The van der Waals surface area contributed by atoms with Crippen molar-refractivity contribution in [1.82, 2.24) is 9.55 Å². The van der Waals surface area contributed by atoms with E-state index in [1.807, 2.05) is 41.5 Å². The second-order valence-electron chi connectivity index (χ2n) is 4.79. The largest absolute Gasteiger partial charge is 0.449 e. The molecular weight excluding hydrogens is 228 g/mol. The van der Waals surface area contributed by atoms with Crippen molar-refractivity contribution in [1.29, 1.82) is 0 Å². The normalized spacial score (nSPS) is 19.4. The van der Waals surface area contributed by atoms with Crippen molar-refractivity contribution in [3.05, 3.63) is 17.2 Å². The highest BCUT2D eigenvalue weighted by molar-refractivity contribution is 6.02. The Hall–Kier alpha value is -1.78. The molecule has 0 saturated heterocycles. The summed E-state index contributed by atoms with van der Waals surface area (Å²) in [5, 5.41) is 0. The van der Waals surface area contributed by atoms with Crippen molar-refractivity contribution in [3.63, 3.8) is 0 Å². The smallest absolute Gasteiger partial charge is 0.222 e. The Morgan fingerprint density at radius 1 is 1.22 bits per heavy atom. The molecule has 5 heteroatoms. The van der Waals surface area contributed by atoms with Crippen molar-refractivity contribution in [3.8, 4) is 0 Å². The van der Waals surface area contributed by atoms with E-state index in [0.717, 1.165) is 28.8 Å². The van der Waals surface area contributed by atoms with E-state index in [1.165, 1.54) is 0 Å². The third kappa shape index (κ3) is 1.70. The third-order valence-corrected chi connectivity index (χ3v) is 3.59. The molecule has 5 nitrogen and oxygen atoms in total. The Kier molecular flexibility index (Phi) is 2.92. The van der Waals surface area contributed by atoms with E-state index in [9.17, 15) is 4.79 Å². The van der Waals surface area contributed by atoms with Gasteiger partial charge in [-0.05, 0) is 27.7 Å². The first-order chi connectivity index (χ1) is 8.34. The zero-order chi connectivity index (χ0) is 13.6. The van der Waals surface area contributed by atoms with Gasteiger partial charge in [-0.1, -0.05) is 0 Å². The number of hydrogen-bond donors (Lipinski definition) is 0. The molecule has 1 aromatic heterocycles. The van der Waals surface area contributed by atoms with Crippen LogP contribution in [0.1, 0.15) is 38.0 Å². The fourth-order valence-corrected chi connectivity index (χ4v) is 2.34. The van der Waals surface area contributed by atoms with E-state index in [1.54, 1.807) is 9.14 Å². The topological polar surface area (TPSA) is 50.3 Å². The molecule has 1 aliphatic heterocycles. The standard InChI is InChI=1S/C13H19N4O/c1-7-9(3)16(11(5)14-7)13(18)17-10(4)8(2)15-12(17)6/h9H,1-6H3/q+1. The average molecular weight is 247 g/mol. The minimum atomic E-state index is -0.0730. The summed E-state index contributed by atoms with van der Waals surface area (Å²) in [6.07, 6.45) is 0. The Balaban J connectivity index is 2.49. The van der Waals surface area contributed by atoms with Gasteiger partial charge < -0.3 is 0 Å². The molecule has 1 unspecified atom stereocenters. The molecule has 1 aliphatic rings. The van der Waals surface area contributed by atoms with Crippen LogP contribution in [-0.4, -0.2) is 37.7 Å². The fourth-order valence-electron chi connectivity index (χ4n) is 2.34. The van der Waals surface area contributed by atoms with E-state index in [2.05, 4.69) is 9.98 Å². The van der Waals surface area contributed by atoms with Crippen LogP contribution in [0.15, 0.2) is 4.99 Å². The molecule has 1 amide bonds. The van der Waals surface area contributed by atoms with Crippen LogP contribution in [0.2, 0.25) is 0 Å². The predicted octanol–water partition coefficient (Wildman–Crippen LogP) is 2.07. The lowest BCUT2D eigenvalue weighted by Gasteiger charge is -2.09. The number of aliphatic imine (C=N–C) groups is 1. The minimum Gasteiger partial charge on any atom is -0.222 e. The van der Waals surface area contributed by atoms with Gasteiger partial charge in [-0.25, -0.2) is 9.78 Å². The number of aryl methyl sites for hydroxylation is 2. The van der Waals surface area contributed by atoms with E-state index >= 15 is 0 Å². The Morgan fingerprint density at radius 2 is 1.83 bits per heavy atom. The predicted molar refractivity (Wildman–Crippen MR) is 70.7 cm³/mol. The van der Waals surface area contributed by atoms with Gasteiger partial charge in [0, 0.05) is 13.8 Å². The molecule has 0 spiro atoms. The summed E-state index contributed by atoms with van der Waals surface area (Å²) in [6.45, 7) is 11.5. The number of hydrogen-bond acceptors (Lipinski definition) is 3. The molecule has 0 aliphatic carbocycles. The third-order valence-electron chi connectivity index (χ3n) is 3.59. The van der Waals surface area contributed by atoms with Crippen LogP contribution in [0.3, 0.4) is 0 Å². The lowest BCUT2D eigenvalue weighted by molar-refractivity contribution is -0.445. The number of carbonyl (C=O) groups is 1. The second kappa shape index (κ2) is 4.15. The molecule has 0 fully saturated rings. The molecule has 2 heterocycles. The average Bonchev–Trinajstić information content (AvgIpc) is 2.66. The number of carbonyl (C=O) groups excluding carboxylic acids is 1. The summed E-state index contributed by atoms with van der Waals surface area (Å²) in [5.41, 5.74) is 2.75. The monoisotopic (exact) mass is 247 g/mol. The lowest BCUT2D eigenvalue weighted by Crippen LogP contribution is -2.36. The summed E-state index contributed by atoms with van der Waals surface area (Å²) in [6, 6.07) is -0.0600. The summed E-state index contributed by atoms with van der Waals surface area (Å²) < 4.78 is 3.37. The van der Waals surface area contributed by atoms with Crippen molar-refractivity contribution in [2.75, 3.05) is 0 Å². The summed E-state index contributed by atoms with van der Waals surface area (Å²) in [5.74, 6) is 1.47. The zero-order valence-electron chi connectivity index (χ0n) is 11.8. The molecule has 0 aromatic carbocycles. The summed E-state index contributed by atoms with van der Waals surface area (Å²) >= 11 is 0. The molecule has 0 saturated carbocycles. The van der Waals surface area contributed by atoms with E-state index in [0.29, 0.717) is 0 Å². The van der Waals surface area contributed by atoms with Gasteiger partial charge in [0.15, 0.2) is 5.82 Å². The fraction of sp³-hybridized carbons (Fsp3) is 0.538. The number of imidazole rings is 1. The highest BCUT2D eigenvalue weighted by atomic mass is 16.2. The van der Waals surface area contributed by atoms with Gasteiger partial charge in [-0.3, -0.25) is 0 Å². The molecule has 0 radical (unpaired) electrons. The maximum atomic E-state index is 12.6. The maximum absolute atomic E-state index is 12.6. The van der Waals surface area contributed by atoms with Crippen molar-refractivity contribution in [2.45, 2.75) is 47.6 Å². The molecule has 1 aromatic rings. The first-order valence-electron chi connectivity index (χ1n) is 6.09. The molecule has 18 heavy (non-hydrogen) atoms. The van der Waals surface area contributed by atoms with Crippen LogP contribution in [-0.2, 0) is 0 Å². The van der Waals surface area contributed by atoms with E-state index < -0.39 is 0 Å². The highest BCUT2D eigenvalue weighted by Gasteiger charge is 2.34. The number of nitrogens with zero attached hydrogens (tertiary/aromatic N) is 4. The van der Waals surface area contributed by atoms with Gasteiger partial charge >= 0.3 is 6.03 Å². The first kappa shape index (κ1) is 12.7. The molecule has 0 N–H and O–H groups in total. The van der Waals surface area contributed by atoms with Crippen LogP contribution < -0.4 is 0 Å². The SMILES string of the molecule is CC1=NC(C)=[N+](C(=O)n2c(C)nc(C)c2C)C1C. The van der Waals surface area contributed by atoms with Gasteiger partial charge in [-0.2, -0.15) is 9.14 Å². The molecular formula is C13H19N4O+. The van der Waals surface area contributed by atoms with Gasteiger partial charge in [0.1, 0.15) is 17.4 Å². The number of aromatic nitrogens is 2. The number of rotatable bonds is 0. The van der Waals surface area contributed by atoms with Crippen molar-refractivity contribution < 1.29 is 9.37 Å². The molecule has 1 atom stereocenters. The van der Waals surface area contributed by atoms with Crippen molar-refractivity contribution >= 4 is 17.6 Å². The number of amides is 1. The second-order valence-corrected chi connectivity index (χ2v) is 4.79. The van der Waals surface area contributed by atoms with Gasteiger partial charge in [-0.15, -0.1) is 4.99 Å². The lowest BCUT2D eigenvalue weighted by atomic mass is 10.2. The van der Waals surface area contributed by atoms with E-state index in [-0.39, 0.29) is 12.1 Å². The van der Waals surface area contributed by atoms with Gasteiger partial charge in [0.2, 0.25) is 5.84 Å². The van der Waals surface area contributed by atoms with Crippen LogP contribution >= 0.6 is 0 Å². The first-order valence-corrected chi connectivity index (χ1v) is 6.09. The van der Waals surface area contributed by atoms with Gasteiger partial charge in [0.05, 0.1) is 5.69 Å². The summed E-state index contributed by atoms with van der Waals surface area (Å²) in [7, 11) is 0. The molecule has 0 bridgehead atoms.